The molecule has 0 unspecified atom stereocenters. The summed E-state index contributed by atoms with van der Waals surface area (Å²) in [6, 6.07) is 0. The normalized spacial score (nSPS) is 29.0. The van der Waals surface area contributed by atoms with Crippen molar-refractivity contribution in [1.82, 2.24) is 9.80 Å². The second-order valence-corrected chi connectivity index (χ2v) is 7.17. The van der Waals surface area contributed by atoms with Gasteiger partial charge in [0.25, 0.3) is 5.91 Å². The maximum absolute atomic E-state index is 13.9. The molecule has 0 N–H and O–H groups in total. The topological polar surface area (TPSA) is 49.9 Å². The van der Waals surface area contributed by atoms with Gasteiger partial charge in [0.1, 0.15) is 0 Å². The van der Waals surface area contributed by atoms with Crippen LogP contribution < -0.4 is 0 Å². The molecule has 0 aromatic rings. The van der Waals surface area contributed by atoms with Gasteiger partial charge in [-0.2, -0.15) is 0 Å². The Labute approximate surface area is 130 Å². The predicted molar refractivity (Wildman–Crippen MR) is 78.9 cm³/mol. The SMILES string of the molecule is COC[C@@H]1CN(C(C)=O)CC12CCN(C(=O)C1(F)CC1)CC2. The first-order chi connectivity index (χ1) is 10.4. The molecule has 1 atom stereocenters. The summed E-state index contributed by atoms with van der Waals surface area (Å²) >= 11 is 0. The largest absolute Gasteiger partial charge is 0.384 e. The van der Waals surface area contributed by atoms with Crippen LogP contribution in [0.4, 0.5) is 4.39 Å². The van der Waals surface area contributed by atoms with Crippen molar-refractivity contribution in [3.63, 3.8) is 0 Å². The first-order valence-corrected chi connectivity index (χ1v) is 8.13. The maximum Gasteiger partial charge on any atom is 0.260 e. The lowest BCUT2D eigenvalue weighted by Gasteiger charge is -2.42. The van der Waals surface area contributed by atoms with E-state index in [9.17, 15) is 14.0 Å². The third-order valence-electron chi connectivity index (χ3n) is 5.74. The van der Waals surface area contributed by atoms with Gasteiger partial charge in [0.05, 0.1) is 6.61 Å². The average Bonchev–Trinajstić information content (AvgIpc) is 3.15. The fraction of sp³-hybridized carbons (Fsp3) is 0.875. The minimum Gasteiger partial charge on any atom is -0.384 e. The third-order valence-corrected chi connectivity index (χ3v) is 5.74. The van der Waals surface area contributed by atoms with E-state index in [1.807, 2.05) is 4.90 Å². The first kappa shape index (κ1) is 15.7. The molecule has 3 fully saturated rings. The summed E-state index contributed by atoms with van der Waals surface area (Å²) in [5.41, 5.74) is -1.55. The fourth-order valence-electron chi connectivity index (χ4n) is 4.03. The lowest BCUT2D eigenvalue weighted by molar-refractivity contribution is -0.141. The third kappa shape index (κ3) is 2.62. The molecule has 0 aromatic heterocycles. The Bertz CT molecular complexity index is 470. The number of rotatable bonds is 3. The zero-order valence-electron chi connectivity index (χ0n) is 13.4. The number of alkyl halides is 1. The van der Waals surface area contributed by atoms with Crippen molar-refractivity contribution in [3.05, 3.63) is 0 Å². The zero-order valence-corrected chi connectivity index (χ0v) is 13.4. The van der Waals surface area contributed by atoms with E-state index >= 15 is 0 Å². The molecule has 22 heavy (non-hydrogen) atoms. The fourth-order valence-corrected chi connectivity index (χ4v) is 4.03. The highest BCUT2D eigenvalue weighted by Crippen LogP contribution is 2.47. The summed E-state index contributed by atoms with van der Waals surface area (Å²) in [5.74, 6) is 0.0724. The number of likely N-dealkylation sites (tertiary alicyclic amines) is 2. The van der Waals surface area contributed by atoms with Crippen molar-refractivity contribution in [2.75, 3.05) is 39.9 Å². The standard InChI is InChI=1S/C16H25FN2O3/c1-12(20)19-9-13(10-22-2)15(11-19)5-7-18(8-6-15)14(21)16(17)3-4-16/h13H,3-11H2,1-2H3/t13-/m0/s1. The molecular weight excluding hydrogens is 287 g/mol. The van der Waals surface area contributed by atoms with Crippen molar-refractivity contribution < 1.29 is 18.7 Å². The van der Waals surface area contributed by atoms with Crippen LogP contribution in [0.3, 0.4) is 0 Å². The van der Waals surface area contributed by atoms with E-state index in [-0.39, 0.29) is 17.2 Å². The van der Waals surface area contributed by atoms with E-state index in [1.54, 1.807) is 18.9 Å². The van der Waals surface area contributed by atoms with Crippen LogP contribution in [0.1, 0.15) is 32.6 Å². The highest BCUT2D eigenvalue weighted by molar-refractivity contribution is 5.88. The number of ether oxygens (including phenoxy) is 1. The van der Waals surface area contributed by atoms with Crippen molar-refractivity contribution >= 4 is 11.8 Å². The molecule has 2 saturated heterocycles. The Morgan fingerprint density at radius 2 is 1.82 bits per heavy atom. The molecule has 2 aliphatic heterocycles. The van der Waals surface area contributed by atoms with Crippen LogP contribution in [-0.4, -0.2) is 67.2 Å². The molecule has 1 spiro atoms. The molecule has 3 rings (SSSR count). The lowest BCUT2D eigenvalue weighted by atomic mass is 9.71. The molecule has 2 heterocycles. The number of carbonyl (C=O) groups is 2. The molecule has 0 aromatic carbocycles. The monoisotopic (exact) mass is 312 g/mol. The van der Waals surface area contributed by atoms with Crippen molar-refractivity contribution in [2.45, 2.75) is 38.3 Å². The second-order valence-electron chi connectivity index (χ2n) is 7.17. The predicted octanol–water partition coefficient (Wildman–Crippen LogP) is 1.22. The minimum absolute atomic E-state index is 0.0193. The average molecular weight is 312 g/mol. The Kier molecular flexibility index (Phi) is 3.91. The van der Waals surface area contributed by atoms with Crippen LogP contribution in [0, 0.1) is 11.3 Å². The number of carbonyl (C=O) groups excluding carboxylic acids is 2. The number of nitrogens with zero attached hydrogens (tertiary/aromatic N) is 2. The molecule has 3 aliphatic rings. The summed E-state index contributed by atoms with van der Waals surface area (Å²) in [6.07, 6.45) is 2.40. The Hall–Kier alpha value is -1.17. The van der Waals surface area contributed by atoms with E-state index in [4.69, 9.17) is 4.74 Å². The van der Waals surface area contributed by atoms with Crippen LogP contribution in [0.25, 0.3) is 0 Å². The quantitative estimate of drug-likeness (QED) is 0.787. The smallest absolute Gasteiger partial charge is 0.260 e. The summed E-state index contributed by atoms with van der Waals surface area (Å²) in [6.45, 7) is 4.88. The molecular formula is C16H25FN2O3. The molecule has 6 heteroatoms. The highest BCUT2D eigenvalue weighted by Gasteiger charge is 2.55. The number of hydrogen-bond donors (Lipinski definition) is 0. The van der Waals surface area contributed by atoms with Crippen molar-refractivity contribution in [1.29, 1.82) is 0 Å². The van der Waals surface area contributed by atoms with E-state index in [0.29, 0.717) is 38.5 Å². The van der Waals surface area contributed by atoms with Crippen molar-refractivity contribution in [2.24, 2.45) is 11.3 Å². The van der Waals surface area contributed by atoms with Crippen LogP contribution in [0.15, 0.2) is 0 Å². The molecule has 1 saturated carbocycles. The summed E-state index contributed by atoms with van der Waals surface area (Å²) in [5, 5.41) is 0. The number of methoxy groups -OCH3 is 1. The summed E-state index contributed by atoms with van der Waals surface area (Å²) in [4.78, 5) is 27.4. The van der Waals surface area contributed by atoms with E-state index < -0.39 is 5.67 Å². The lowest BCUT2D eigenvalue weighted by Crippen LogP contribution is -2.49. The van der Waals surface area contributed by atoms with Gasteiger partial charge in [0.2, 0.25) is 5.91 Å². The van der Waals surface area contributed by atoms with Gasteiger partial charge in [-0.25, -0.2) is 4.39 Å². The van der Waals surface area contributed by atoms with E-state index in [0.717, 1.165) is 25.9 Å². The van der Waals surface area contributed by atoms with Gasteiger partial charge in [-0.1, -0.05) is 0 Å². The second kappa shape index (κ2) is 5.48. The maximum atomic E-state index is 13.9. The van der Waals surface area contributed by atoms with Gasteiger partial charge in [0, 0.05) is 46.1 Å². The molecule has 124 valence electrons. The van der Waals surface area contributed by atoms with Gasteiger partial charge in [0.15, 0.2) is 5.67 Å². The highest BCUT2D eigenvalue weighted by atomic mass is 19.1. The molecule has 2 amide bonds. The summed E-state index contributed by atoms with van der Waals surface area (Å²) < 4.78 is 19.3. The van der Waals surface area contributed by atoms with Crippen molar-refractivity contribution in [3.8, 4) is 0 Å². The van der Waals surface area contributed by atoms with Gasteiger partial charge < -0.3 is 14.5 Å². The van der Waals surface area contributed by atoms with Crippen LogP contribution in [-0.2, 0) is 14.3 Å². The Balaban J connectivity index is 1.66. The van der Waals surface area contributed by atoms with Crippen LogP contribution in [0.5, 0.6) is 0 Å². The minimum atomic E-state index is -1.57. The number of piperidine rings is 1. The van der Waals surface area contributed by atoms with Crippen LogP contribution in [0.2, 0.25) is 0 Å². The van der Waals surface area contributed by atoms with Gasteiger partial charge in [-0.15, -0.1) is 0 Å². The van der Waals surface area contributed by atoms with E-state index in [1.165, 1.54) is 0 Å². The van der Waals surface area contributed by atoms with Gasteiger partial charge in [-0.05, 0) is 31.1 Å². The first-order valence-electron chi connectivity index (χ1n) is 8.13. The molecule has 1 aliphatic carbocycles. The summed E-state index contributed by atoms with van der Waals surface area (Å²) in [7, 11) is 1.68. The molecule has 5 nitrogen and oxygen atoms in total. The van der Waals surface area contributed by atoms with Gasteiger partial charge >= 0.3 is 0 Å². The number of amides is 2. The number of hydrogen-bond acceptors (Lipinski definition) is 3. The number of halogens is 1. The van der Waals surface area contributed by atoms with Crippen LogP contribution >= 0.6 is 0 Å². The Morgan fingerprint density at radius 3 is 2.32 bits per heavy atom. The molecule has 0 bridgehead atoms. The zero-order chi connectivity index (χ0) is 16.0. The molecule has 0 radical (unpaired) electrons. The Morgan fingerprint density at radius 1 is 1.18 bits per heavy atom. The van der Waals surface area contributed by atoms with E-state index in [2.05, 4.69) is 0 Å². The van der Waals surface area contributed by atoms with Gasteiger partial charge in [-0.3, -0.25) is 9.59 Å².